The molecule has 0 spiro atoms. The van der Waals surface area contributed by atoms with Crippen molar-refractivity contribution in [2.45, 2.75) is 31.4 Å². The Kier molecular flexibility index (Phi) is 7.20. The fourth-order valence-electron chi connectivity index (χ4n) is 3.16. The molecule has 3 rings (SSSR count). The molecule has 0 aliphatic heterocycles. The van der Waals surface area contributed by atoms with Crippen molar-refractivity contribution in [1.82, 2.24) is 10.3 Å². The summed E-state index contributed by atoms with van der Waals surface area (Å²) in [6.45, 7) is 1.29. The lowest BCUT2D eigenvalue weighted by Crippen LogP contribution is -2.38. The lowest BCUT2D eigenvalue weighted by molar-refractivity contribution is -0.629. The molecule has 1 unspecified atom stereocenters. The van der Waals surface area contributed by atoms with Crippen LogP contribution in [0.25, 0.3) is 11.3 Å². The highest BCUT2D eigenvalue weighted by Crippen LogP contribution is 2.34. The van der Waals surface area contributed by atoms with Crippen LogP contribution in [-0.2, 0) is 6.18 Å². The van der Waals surface area contributed by atoms with Gasteiger partial charge in [-0.05, 0) is 37.3 Å². The van der Waals surface area contributed by atoms with Crippen LogP contribution in [0.15, 0.2) is 48.7 Å². The maximum atomic E-state index is 14.2. The number of pyridine rings is 2. The van der Waals surface area contributed by atoms with Crippen molar-refractivity contribution >= 4 is 5.91 Å². The lowest BCUT2D eigenvalue weighted by atomic mass is 10.0. The van der Waals surface area contributed by atoms with Crippen LogP contribution in [0, 0.1) is 16.8 Å². The minimum Gasteiger partial charge on any atom is -0.618 e. The summed E-state index contributed by atoms with van der Waals surface area (Å²) in [7, 11) is 0. The molecule has 0 radical (unpaired) electrons. The Labute approximate surface area is 197 Å². The summed E-state index contributed by atoms with van der Waals surface area (Å²) in [5, 5.41) is 23.6. The van der Waals surface area contributed by atoms with E-state index in [2.05, 4.69) is 10.3 Å². The third-order valence-electron chi connectivity index (χ3n) is 4.98. The van der Waals surface area contributed by atoms with E-state index in [0.29, 0.717) is 24.4 Å². The van der Waals surface area contributed by atoms with Gasteiger partial charge < -0.3 is 15.6 Å². The van der Waals surface area contributed by atoms with Crippen LogP contribution in [0.2, 0.25) is 0 Å². The first-order chi connectivity index (χ1) is 16.6. The summed E-state index contributed by atoms with van der Waals surface area (Å²) in [5.74, 6) is -3.27. The number of hydrogen-bond donors (Lipinski definition) is 2. The van der Waals surface area contributed by atoms with Gasteiger partial charge in [-0.2, -0.15) is 31.1 Å². The minimum absolute atomic E-state index is 0.0687. The Morgan fingerprint density at radius 1 is 1.06 bits per heavy atom. The molecule has 2 heterocycles. The standard InChI is InChI=1S/C22H15F8N3O3/c1-10(11-2-5-18(21(25,26)27)33(36)9-11)31-20(35)12-6-16(14-4-3-13(23)8-15(14)24)32-17(7-12)19(34)22(28,29)30/h2-10,19,34H,1H3,(H,31,35)/t10-,19?/m1/s1. The highest BCUT2D eigenvalue weighted by molar-refractivity contribution is 5.95. The van der Waals surface area contributed by atoms with E-state index in [-0.39, 0.29) is 5.56 Å². The largest absolute Gasteiger partial charge is 0.618 e. The van der Waals surface area contributed by atoms with Gasteiger partial charge in [-0.15, -0.1) is 0 Å². The molecule has 2 N–H and O–H groups in total. The van der Waals surface area contributed by atoms with Crippen LogP contribution in [0.4, 0.5) is 35.1 Å². The molecule has 3 aromatic rings. The summed E-state index contributed by atoms with van der Waals surface area (Å²) in [5.41, 5.74) is -4.16. The van der Waals surface area contributed by atoms with Crippen molar-refractivity contribution in [2.24, 2.45) is 0 Å². The average Bonchev–Trinajstić information content (AvgIpc) is 2.76. The summed E-state index contributed by atoms with van der Waals surface area (Å²) in [4.78, 5) is 16.3. The normalized spacial score (nSPS) is 13.8. The SMILES string of the molecule is C[C@@H](NC(=O)c1cc(-c2ccc(F)cc2F)nc(C(O)C(F)(F)F)c1)c1ccc(C(F)(F)F)[n+]([O-])c1. The zero-order chi connectivity index (χ0) is 27.0. The molecule has 0 bridgehead atoms. The van der Waals surface area contributed by atoms with Crippen molar-refractivity contribution in [1.29, 1.82) is 0 Å². The minimum atomic E-state index is -5.20. The summed E-state index contributed by atoms with van der Waals surface area (Å²) >= 11 is 0. The third kappa shape index (κ3) is 5.87. The third-order valence-corrected chi connectivity index (χ3v) is 4.98. The maximum absolute atomic E-state index is 14.2. The van der Waals surface area contributed by atoms with E-state index >= 15 is 0 Å². The van der Waals surface area contributed by atoms with Crippen LogP contribution in [0.5, 0.6) is 0 Å². The number of aromatic nitrogens is 2. The Morgan fingerprint density at radius 2 is 1.72 bits per heavy atom. The van der Waals surface area contributed by atoms with Crippen LogP contribution in [0.3, 0.4) is 0 Å². The summed E-state index contributed by atoms with van der Waals surface area (Å²) in [6, 6.07) is 3.90. The van der Waals surface area contributed by atoms with E-state index in [1.165, 1.54) is 6.92 Å². The van der Waals surface area contributed by atoms with E-state index in [9.17, 15) is 50.2 Å². The quantitative estimate of drug-likeness (QED) is 0.288. The van der Waals surface area contributed by atoms with Gasteiger partial charge in [0.15, 0.2) is 12.3 Å². The van der Waals surface area contributed by atoms with Crippen LogP contribution >= 0.6 is 0 Å². The van der Waals surface area contributed by atoms with Gasteiger partial charge in [0.1, 0.15) is 11.6 Å². The van der Waals surface area contributed by atoms with Gasteiger partial charge in [0.25, 0.3) is 11.6 Å². The van der Waals surface area contributed by atoms with Gasteiger partial charge >= 0.3 is 12.4 Å². The van der Waals surface area contributed by atoms with E-state index in [0.717, 1.165) is 24.3 Å². The monoisotopic (exact) mass is 521 g/mol. The molecule has 14 heteroatoms. The highest BCUT2D eigenvalue weighted by atomic mass is 19.4. The molecular formula is C22H15F8N3O3. The second-order valence-electron chi connectivity index (χ2n) is 7.60. The number of hydrogen-bond acceptors (Lipinski definition) is 4. The Balaban J connectivity index is 1.99. The maximum Gasteiger partial charge on any atom is 0.478 e. The Morgan fingerprint density at radius 3 is 2.28 bits per heavy atom. The zero-order valence-corrected chi connectivity index (χ0v) is 18.0. The van der Waals surface area contributed by atoms with Gasteiger partial charge in [0.2, 0.25) is 0 Å². The molecule has 0 aliphatic rings. The van der Waals surface area contributed by atoms with Crippen LogP contribution in [-0.4, -0.2) is 22.2 Å². The molecule has 2 aromatic heterocycles. The Bertz CT molecular complexity index is 1290. The topological polar surface area (TPSA) is 89.2 Å². The number of nitrogens with one attached hydrogen (secondary N) is 1. The molecule has 0 aliphatic carbocycles. The second kappa shape index (κ2) is 9.68. The molecule has 0 saturated heterocycles. The zero-order valence-electron chi connectivity index (χ0n) is 18.0. The number of carbonyl (C=O) groups excluding carboxylic acids is 1. The van der Waals surface area contributed by atoms with Gasteiger partial charge in [-0.1, -0.05) is 0 Å². The molecular weight excluding hydrogens is 506 g/mol. The predicted octanol–water partition coefficient (Wildman–Crippen LogP) is 4.77. The van der Waals surface area contributed by atoms with E-state index in [1.54, 1.807) is 0 Å². The molecule has 6 nitrogen and oxygen atoms in total. The first kappa shape index (κ1) is 26.8. The highest BCUT2D eigenvalue weighted by Gasteiger charge is 2.41. The molecule has 36 heavy (non-hydrogen) atoms. The van der Waals surface area contributed by atoms with Crippen molar-refractivity contribution in [3.8, 4) is 11.3 Å². The van der Waals surface area contributed by atoms with E-state index in [4.69, 9.17) is 0 Å². The number of aliphatic hydroxyl groups excluding tert-OH is 1. The van der Waals surface area contributed by atoms with Crippen molar-refractivity contribution in [3.63, 3.8) is 0 Å². The lowest BCUT2D eigenvalue weighted by Gasteiger charge is -2.18. The number of benzene rings is 1. The molecule has 0 fully saturated rings. The van der Waals surface area contributed by atoms with Gasteiger partial charge in [-0.25, -0.2) is 13.8 Å². The van der Waals surface area contributed by atoms with Crippen molar-refractivity contribution in [3.05, 3.63) is 88.0 Å². The van der Waals surface area contributed by atoms with Gasteiger partial charge in [0.05, 0.1) is 17.4 Å². The fourth-order valence-corrected chi connectivity index (χ4v) is 3.16. The van der Waals surface area contributed by atoms with E-state index in [1.807, 2.05) is 0 Å². The molecule has 1 aromatic carbocycles. The number of carbonyl (C=O) groups is 1. The van der Waals surface area contributed by atoms with Crippen molar-refractivity contribution < 1.29 is 49.8 Å². The predicted molar refractivity (Wildman–Crippen MR) is 107 cm³/mol. The molecule has 192 valence electrons. The van der Waals surface area contributed by atoms with Gasteiger partial charge in [0, 0.05) is 28.8 Å². The number of nitrogens with zero attached hydrogens (tertiary/aromatic N) is 2. The van der Waals surface area contributed by atoms with Crippen LogP contribution < -0.4 is 10.0 Å². The number of rotatable bonds is 5. The van der Waals surface area contributed by atoms with Crippen molar-refractivity contribution in [2.75, 3.05) is 0 Å². The number of alkyl halides is 6. The molecule has 0 saturated carbocycles. The first-order valence-electron chi connectivity index (χ1n) is 9.91. The Hall–Kier alpha value is -3.81. The number of halogens is 8. The fraction of sp³-hybridized carbons (Fsp3) is 0.227. The smallest absolute Gasteiger partial charge is 0.478 e. The second-order valence-corrected chi connectivity index (χ2v) is 7.60. The molecule has 2 atom stereocenters. The van der Waals surface area contributed by atoms with Crippen LogP contribution in [0.1, 0.15) is 46.4 Å². The van der Waals surface area contributed by atoms with E-state index < -0.39 is 75.0 Å². The summed E-state index contributed by atoms with van der Waals surface area (Å²) < 4.78 is 105. The molecule has 1 amide bonds. The van der Waals surface area contributed by atoms with Gasteiger partial charge in [-0.3, -0.25) is 4.79 Å². The number of aliphatic hydroxyl groups is 1. The average molecular weight is 521 g/mol. The first-order valence-corrected chi connectivity index (χ1v) is 9.91. The number of amides is 1. The summed E-state index contributed by atoms with van der Waals surface area (Å²) in [6.07, 6.45) is -12.7.